The van der Waals surface area contributed by atoms with Crippen molar-refractivity contribution in [1.82, 2.24) is 4.90 Å². The first-order valence-corrected chi connectivity index (χ1v) is 1.94. The summed E-state index contributed by atoms with van der Waals surface area (Å²) in [5.41, 5.74) is 0. The molecule has 0 aromatic heterocycles. The molecule has 0 atom stereocenters. The lowest BCUT2D eigenvalue weighted by molar-refractivity contribution is 0.771. The van der Waals surface area contributed by atoms with Crippen LogP contribution in [0.3, 0.4) is 0 Å². The highest BCUT2D eigenvalue weighted by Gasteiger charge is 1.94. The first-order chi connectivity index (χ1) is 3.72. The summed E-state index contributed by atoms with van der Waals surface area (Å²) in [5.74, 6) is -0.222. The van der Waals surface area contributed by atoms with Crippen molar-refractivity contribution >= 4 is 12.2 Å². The topological polar surface area (TPSA) is 74.7 Å². The van der Waals surface area contributed by atoms with Crippen LogP contribution in [-0.2, 0) is 0 Å². The molecule has 0 unspecified atom stereocenters. The Bertz CT molecular complexity index is 143. The third kappa shape index (κ3) is 1.39. The predicted octanol–water partition coefficient (Wildman–Crippen LogP) is 0.0261. The molecule has 0 aliphatic heterocycles. The van der Waals surface area contributed by atoms with Gasteiger partial charge in [-0.2, -0.15) is 5.26 Å². The van der Waals surface area contributed by atoms with Crippen molar-refractivity contribution in [3.63, 3.8) is 0 Å². The molecule has 0 aliphatic carbocycles. The second-order valence-corrected chi connectivity index (χ2v) is 1.20. The highest BCUT2D eigenvalue weighted by atomic mass is 15.1. The first-order valence-electron chi connectivity index (χ1n) is 1.94. The van der Waals surface area contributed by atoms with Gasteiger partial charge < -0.3 is 4.90 Å². The molecule has 0 heterocycles. The lowest BCUT2D eigenvalue weighted by Gasteiger charge is -2.03. The van der Waals surface area contributed by atoms with E-state index in [2.05, 4.69) is 0 Å². The summed E-state index contributed by atoms with van der Waals surface area (Å²) in [5, 5.41) is 21.3. The second-order valence-electron chi connectivity index (χ2n) is 1.20. The molecule has 42 valence electrons. The predicted molar refractivity (Wildman–Crippen MR) is 29.9 cm³/mol. The van der Waals surface area contributed by atoms with Crippen LogP contribution in [-0.4, -0.2) is 24.1 Å². The second kappa shape index (κ2) is 2.75. The van der Waals surface area contributed by atoms with E-state index in [-0.39, 0.29) is 5.84 Å². The molecule has 4 nitrogen and oxygen atoms in total. The summed E-state index contributed by atoms with van der Waals surface area (Å²) in [4.78, 5) is 1.11. The third-order valence-electron chi connectivity index (χ3n) is 0.652. The zero-order valence-corrected chi connectivity index (χ0v) is 4.47. The molecule has 0 fully saturated rings. The molecule has 0 radical (unpaired) electrons. The van der Waals surface area contributed by atoms with Gasteiger partial charge in [0.1, 0.15) is 6.07 Å². The quantitative estimate of drug-likeness (QED) is 0.369. The van der Waals surface area contributed by atoms with Crippen LogP contribution in [0.4, 0.5) is 0 Å². The van der Waals surface area contributed by atoms with Crippen LogP contribution in [0.1, 0.15) is 0 Å². The van der Waals surface area contributed by atoms with E-state index in [4.69, 9.17) is 16.1 Å². The van der Waals surface area contributed by atoms with Gasteiger partial charge >= 0.3 is 0 Å². The average molecular weight is 110 g/mol. The highest BCUT2D eigenvalue weighted by molar-refractivity contribution is 5.99. The fourth-order valence-corrected chi connectivity index (χ4v) is 0.143. The minimum Gasteiger partial charge on any atom is -0.312 e. The fraction of sp³-hybridized carbons (Fsp3) is 0.250. The van der Waals surface area contributed by atoms with Gasteiger partial charge in [0.2, 0.25) is 5.84 Å². The number of hydrogen-bond donors (Lipinski definition) is 2. The summed E-state index contributed by atoms with van der Waals surface area (Å²) in [6.45, 7) is 0. The molecule has 2 N–H and O–H groups in total. The zero-order valence-electron chi connectivity index (χ0n) is 4.47. The van der Waals surface area contributed by atoms with Crippen LogP contribution in [0, 0.1) is 22.1 Å². The van der Waals surface area contributed by atoms with E-state index in [0.717, 1.165) is 11.2 Å². The number of rotatable bonds is 1. The fourth-order valence-electron chi connectivity index (χ4n) is 0.143. The molecule has 0 saturated heterocycles. The maximum Gasteiger partial charge on any atom is 0.206 e. The highest BCUT2D eigenvalue weighted by Crippen LogP contribution is 1.74. The lowest BCUT2D eigenvalue weighted by atomic mass is 10.6. The molecule has 8 heavy (non-hydrogen) atoms. The first kappa shape index (κ1) is 6.63. The van der Waals surface area contributed by atoms with Gasteiger partial charge in [0, 0.05) is 7.05 Å². The molecule has 0 rings (SSSR count). The molecular weight excluding hydrogens is 104 g/mol. The van der Waals surface area contributed by atoms with Crippen molar-refractivity contribution in [3.8, 4) is 6.07 Å². The standard InChI is InChI=1S/C4H6N4/c1-8(3-6)4(7)2-5/h3,6-7H,1H3. The Labute approximate surface area is 47.4 Å². The third-order valence-corrected chi connectivity index (χ3v) is 0.652. The van der Waals surface area contributed by atoms with Crippen molar-refractivity contribution in [3.05, 3.63) is 0 Å². The summed E-state index contributed by atoms with van der Waals surface area (Å²) < 4.78 is 0. The number of nitrogens with zero attached hydrogens (tertiary/aromatic N) is 2. The Hall–Kier alpha value is -1.37. The average Bonchev–Trinajstić information content (AvgIpc) is 1.84. The van der Waals surface area contributed by atoms with Crippen molar-refractivity contribution < 1.29 is 0 Å². The van der Waals surface area contributed by atoms with Gasteiger partial charge in [-0.25, -0.2) is 0 Å². The molecule has 0 amide bonds. The van der Waals surface area contributed by atoms with Crippen LogP contribution in [0.5, 0.6) is 0 Å². The van der Waals surface area contributed by atoms with Gasteiger partial charge in [-0.1, -0.05) is 0 Å². The van der Waals surface area contributed by atoms with E-state index in [0.29, 0.717) is 0 Å². The van der Waals surface area contributed by atoms with E-state index in [1.165, 1.54) is 7.05 Å². The van der Waals surface area contributed by atoms with Gasteiger partial charge in [-0.05, 0) is 0 Å². The van der Waals surface area contributed by atoms with Gasteiger partial charge in [0.05, 0.1) is 6.34 Å². The Morgan fingerprint density at radius 1 is 1.88 bits per heavy atom. The SMILES string of the molecule is CN(C=N)C(=N)C#N. The van der Waals surface area contributed by atoms with Gasteiger partial charge in [-0.15, -0.1) is 0 Å². The molecule has 0 aromatic rings. The monoisotopic (exact) mass is 110 g/mol. The van der Waals surface area contributed by atoms with E-state index in [9.17, 15) is 0 Å². The van der Waals surface area contributed by atoms with Crippen LogP contribution >= 0.6 is 0 Å². The minimum absolute atomic E-state index is 0.222. The Morgan fingerprint density at radius 2 is 2.38 bits per heavy atom. The minimum atomic E-state index is -0.222. The normalized spacial score (nSPS) is 7.00. The van der Waals surface area contributed by atoms with E-state index in [1.54, 1.807) is 6.07 Å². The Kier molecular flexibility index (Phi) is 2.28. The largest absolute Gasteiger partial charge is 0.312 e. The summed E-state index contributed by atoms with van der Waals surface area (Å²) in [6, 6.07) is 1.57. The Balaban J connectivity index is 3.86. The lowest BCUT2D eigenvalue weighted by Crippen LogP contribution is -2.21. The molecule has 4 heteroatoms. The van der Waals surface area contributed by atoms with E-state index in [1.807, 2.05) is 0 Å². The van der Waals surface area contributed by atoms with E-state index < -0.39 is 0 Å². The maximum absolute atomic E-state index is 8.02. The van der Waals surface area contributed by atoms with Gasteiger partial charge in [-0.3, -0.25) is 10.8 Å². The zero-order chi connectivity index (χ0) is 6.57. The number of amidine groups is 1. The smallest absolute Gasteiger partial charge is 0.206 e. The van der Waals surface area contributed by atoms with Gasteiger partial charge in [0.15, 0.2) is 0 Å². The van der Waals surface area contributed by atoms with Crippen molar-refractivity contribution in [1.29, 1.82) is 16.1 Å². The Morgan fingerprint density at radius 3 is 2.50 bits per heavy atom. The van der Waals surface area contributed by atoms with Crippen LogP contribution in [0.2, 0.25) is 0 Å². The molecular formula is C4H6N4. The van der Waals surface area contributed by atoms with E-state index >= 15 is 0 Å². The summed E-state index contributed by atoms with van der Waals surface area (Å²) in [7, 11) is 1.47. The van der Waals surface area contributed by atoms with Gasteiger partial charge in [0.25, 0.3) is 0 Å². The number of nitrogens with one attached hydrogen (secondary N) is 2. The molecule has 0 saturated carbocycles. The van der Waals surface area contributed by atoms with Crippen LogP contribution < -0.4 is 0 Å². The van der Waals surface area contributed by atoms with Crippen LogP contribution in [0.15, 0.2) is 0 Å². The number of hydrogen-bond acceptors (Lipinski definition) is 3. The summed E-state index contributed by atoms with van der Waals surface area (Å²) in [6.07, 6.45) is 0.908. The number of nitriles is 1. The molecule has 0 aliphatic rings. The van der Waals surface area contributed by atoms with Crippen molar-refractivity contribution in [2.24, 2.45) is 0 Å². The van der Waals surface area contributed by atoms with Crippen molar-refractivity contribution in [2.75, 3.05) is 7.05 Å². The van der Waals surface area contributed by atoms with Crippen LogP contribution in [0.25, 0.3) is 0 Å². The summed E-state index contributed by atoms with van der Waals surface area (Å²) >= 11 is 0. The molecule has 0 aromatic carbocycles. The maximum atomic E-state index is 8.02. The van der Waals surface area contributed by atoms with Crippen molar-refractivity contribution in [2.45, 2.75) is 0 Å². The molecule has 0 bridgehead atoms. The molecule has 0 spiro atoms.